The monoisotopic (exact) mass is 433 g/mol. The third kappa shape index (κ3) is 8.04. The van der Waals surface area contributed by atoms with Gasteiger partial charge < -0.3 is 10.6 Å². The van der Waals surface area contributed by atoms with Gasteiger partial charge in [0.25, 0.3) is 0 Å². The van der Waals surface area contributed by atoms with Crippen LogP contribution < -0.4 is 10.6 Å². The first-order valence-corrected chi connectivity index (χ1v) is 8.79. The van der Waals surface area contributed by atoms with Gasteiger partial charge in [0.05, 0.1) is 12.7 Å². The lowest BCUT2D eigenvalue weighted by atomic mass is 10.0. The summed E-state index contributed by atoms with van der Waals surface area (Å²) in [5.41, 5.74) is 1.20. The van der Waals surface area contributed by atoms with E-state index in [1.807, 2.05) is 10.9 Å². The number of aryl methyl sites for hydroxylation is 1. The number of hydrogen-bond acceptors (Lipinski definition) is 2. The lowest BCUT2D eigenvalue weighted by molar-refractivity contribution is 0.487. The Labute approximate surface area is 157 Å². The van der Waals surface area contributed by atoms with Crippen molar-refractivity contribution < 1.29 is 0 Å². The fourth-order valence-corrected chi connectivity index (χ4v) is 3.09. The minimum Gasteiger partial charge on any atom is -0.357 e. The number of halogens is 1. The van der Waals surface area contributed by atoms with Gasteiger partial charge in [0.2, 0.25) is 0 Å². The highest BCUT2D eigenvalue weighted by Gasteiger charge is 2.13. The van der Waals surface area contributed by atoms with Gasteiger partial charge in [-0.05, 0) is 38.2 Å². The van der Waals surface area contributed by atoms with Crippen molar-refractivity contribution in [2.24, 2.45) is 10.9 Å². The molecule has 1 saturated carbocycles. The molecule has 0 spiro atoms. The largest absolute Gasteiger partial charge is 0.357 e. The molecule has 1 aromatic rings. The minimum absolute atomic E-state index is 0. The van der Waals surface area contributed by atoms with E-state index in [9.17, 15) is 0 Å². The molecule has 1 aliphatic rings. The van der Waals surface area contributed by atoms with Gasteiger partial charge in [-0.1, -0.05) is 25.7 Å². The van der Waals surface area contributed by atoms with Crippen molar-refractivity contribution in [3.05, 3.63) is 18.0 Å². The highest BCUT2D eigenvalue weighted by molar-refractivity contribution is 14.0. The van der Waals surface area contributed by atoms with Crippen LogP contribution in [0, 0.1) is 12.8 Å². The molecule has 6 heteroatoms. The molecule has 1 fully saturated rings. The maximum absolute atomic E-state index is 4.68. The predicted octanol–water partition coefficient (Wildman–Crippen LogP) is 3.34. The Bertz CT molecular complexity index is 452. The molecule has 0 saturated heterocycles. The molecule has 0 unspecified atom stereocenters. The van der Waals surface area contributed by atoms with Gasteiger partial charge in [0.15, 0.2) is 5.96 Å². The lowest BCUT2D eigenvalue weighted by Gasteiger charge is -2.12. The summed E-state index contributed by atoms with van der Waals surface area (Å²) in [6.07, 6.45) is 12.2. The van der Waals surface area contributed by atoms with Crippen LogP contribution in [-0.2, 0) is 6.54 Å². The second-order valence-electron chi connectivity index (χ2n) is 6.26. The van der Waals surface area contributed by atoms with Crippen molar-refractivity contribution in [2.75, 3.05) is 19.6 Å². The van der Waals surface area contributed by atoms with Crippen molar-refractivity contribution in [1.82, 2.24) is 20.4 Å². The van der Waals surface area contributed by atoms with Crippen molar-refractivity contribution >= 4 is 29.9 Å². The quantitative estimate of drug-likeness (QED) is 0.286. The molecule has 1 heterocycles. The molecule has 5 nitrogen and oxygen atoms in total. The topological polar surface area (TPSA) is 54.2 Å². The Kier molecular flexibility index (Phi) is 10.3. The molecule has 1 aliphatic carbocycles. The molecule has 0 amide bonds. The van der Waals surface area contributed by atoms with Crippen molar-refractivity contribution in [3.8, 4) is 0 Å². The van der Waals surface area contributed by atoms with Crippen LogP contribution in [0.15, 0.2) is 17.4 Å². The molecule has 0 bridgehead atoms. The van der Waals surface area contributed by atoms with E-state index in [0.29, 0.717) is 0 Å². The van der Waals surface area contributed by atoms with Crippen molar-refractivity contribution in [2.45, 2.75) is 58.9 Å². The van der Waals surface area contributed by atoms with E-state index >= 15 is 0 Å². The first-order chi connectivity index (χ1) is 10.8. The van der Waals surface area contributed by atoms with Gasteiger partial charge in [-0.2, -0.15) is 5.10 Å². The molecule has 0 aromatic carbocycles. The molecule has 23 heavy (non-hydrogen) atoms. The number of nitrogens with zero attached hydrogens (tertiary/aromatic N) is 3. The van der Waals surface area contributed by atoms with E-state index in [0.717, 1.165) is 38.1 Å². The molecule has 0 atom stereocenters. The highest BCUT2D eigenvalue weighted by atomic mass is 127. The Balaban J connectivity index is 0.00000264. The smallest absolute Gasteiger partial charge is 0.191 e. The van der Waals surface area contributed by atoms with Gasteiger partial charge >= 0.3 is 0 Å². The van der Waals surface area contributed by atoms with Gasteiger partial charge in [-0.15, -0.1) is 24.0 Å². The first-order valence-electron chi connectivity index (χ1n) is 8.79. The molecule has 0 radical (unpaired) electrons. The van der Waals surface area contributed by atoms with Crippen LogP contribution in [0.4, 0.5) is 0 Å². The normalized spacial score (nSPS) is 15.5. The lowest BCUT2D eigenvalue weighted by Crippen LogP contribution is -2.39. The second-order valence-corrected chi connectivity index (χ2v) is 6.26. The number of rotatable bonds is 8. The third-order valence-corrected chi connectivity index (χ3v) is 4.26. The predicted molar refractivity (Wildman–Crippen MR) is 108 cm³/mol. The summed E-state index contributed by atoms with van der Waals surface area (Å²) < 4.78 is 1.96. The van der Waals surface area contributed by atoms with E-state index in [2.05, 4.69) is 40.8 Å². The Morgan fingerprint density at radius 2 is 2.13 bits per heavy atom. The standard InChI is InChI=1S/C17H31N5.HI/c1-3-18-17(19-10-6-9-16-7-4-5-8-16)20-11-12-22-14-15(2)13-21-22;/h13-14,16H,3-12H2,1-2H3,(H2,18,19,20);1H. The number of aromatic nitrogens is 2. The second kappa shape index (κ2) is 11.7. The summed E-state index contributed by atoms with van der Waals surface area (Å²) in [6, 6.07) is 0. The summed E-state index contributed by atoms with van der Waals surface area (Å²) >= 11 is 0. The van der Waals surface area contributed by atoms with Crippen LogP contribution in [-0.4, -0.2) is 35.4 Å². The van der Waals surface area contributed by atoms with Gasteiger partial charge in [0, 0.05) is 25.8 Å². The van der Waals surface area contributed by atoms with Gasteiger partial charge in [0.1, 0.15) is 0 Å². The Morgan fingerprint density at radius 3 is 2.78 bits per heavy atom. The zero-order chi connectivity index (χ0) is 15.6. The number of nitrogens with one attached hydrogen (secondary N) is 2. The molecule has 1 aromatic heterocycles. The molecular formula is C17H32IN5. The van der Waals surface area contributed by atoms with Crippen molar-refractivity contribution in [1.29, 1.82) is 0 Å². The Morgan fingerprint density at radius 1 is 1.35 bits per heavy atom. The number of aliphatic imine (C=N–C) groups is 1. The molecule has 0 aliphatic heterocycles. The van der Waals surface area contributed by atoms with Crippen molar-refractivity contribution in [3.63, 3.8) is 0 Å². The summed E-state index contributed by atoms with van der Waals surface area (Å²) in [5, 5.41) is 11.0. The van der Waals surface area contributed by atoms with E-state index in [1.54, 1.807) is 0 Å². The van der Waals surface area contributed by atoms with Crippen LogP contribution in [0.5, 0.6) is 0 Å². The van der Waals surface area contributed by atoms with Crippen LogP contribution in [0.3, 0.4) is 0 Å². The van der Waals surface area contributed by atoms with Crippen LogP contribution in [0.1, 0.15) is 51.0 Å². The summed E-state index contributed by atoms with van der Waals surface area (Å²) in [6.45, 7) is 7.69. The van der Waals surface area contributed by atoms with Crippen LogP contribution >= 0.6 is 24.0 Å². The van der Waals surface area contributed by atoms with E-state index in [-0.39, 0.29) is 24.0 Å². The molecular weight excluding hydrogens is 401 g/mol. The van der Waals surface area contributed by atoms with Gasteiger partial charge in [-0.25, -0.2) is 0 Å². The number of hydrogen-bond donors (Lipinski definition) is 2. The third-order valence-electron chi connectivity index (χ3n) is 4.26. The van der Waals surface area contributed by atoms with E-state index in [4.69, 9.17) is 0 Å². The van der Waals surface area contributed by atoms with Crippen LogP contribution in [0.2, 0.25) is 0 Å². The average molecular weight is 433 g/mol. The van der Waals surface area contributed by atoms with E-state index < -0.39 is 0 Å². The molecule has 2 rings (SSSR count). The maximum Gasteiger partial charge on any atom is 0.191 e. The SMILES string of the molecule is CCNC(=NCCCC1CCCC1)NCCn1cc(C)cn1.I. The fraction of sp³-hybridized carbons (Fsp3) is 0.765. The highest BCUT2D eigenvalue weighted by Crippen LogP contribution is 2.28. The van der Waals surface area contributed by atoms with E-state index in [1.165, 1.54) is 44.1 Å². The maximum atomic E-state index is 4.68. The average Bonchev–Trinajstić information content (AvgIpc) is 3.15. The minimum atomic E-state index is 0. The molecule has 132 valence electrons. The molecule has 2 N–H and O–H groups in total. The number of guanidine groups is 1. The Hall–Kier alpha value is -0.790. The fourth-order valence-electron chi connectivity index (χ4n) is 3.09. The first kappa shape index (κ1) is 20.3. The zero-order valence-electron chi connectivity index (χ0n) is 14.6. The van der Waals surface area contributed by atoms with Crippen LogP contribution in [0.25, 0.3) is 0 Å². The summed E-state index contributed by atoms with van der Waals surface area (Å²) in [5.74, 6) is 1.89. The summed E-state index contributed by atoms with van der Waals surface area (Å²) in [4.78, 5) is 4.68. The summed E-state index contributed by atoms with van der Waals surface area (Å²) in [7, 11) is 0. The zero-order valence-corrected chi connectivity index (χ0v) is 16.9. The van der Waals surface area contributed by atoms with Gasteiger partial charge in [-0.3, -0.25) is 9.67 Å².